The van der Waals surface area contributed by atoms with Gasteiger partial charge in [0.2, 0.25) is 0 Å². The Morgan fingerprint density at radius 1 is 0.141 bits per heavy atom. The van der Waals surface area contributed by atoms with Crippen molar-refractivity contribution in [1.29, 1.82) is 0 Å². The van der Waals surface area contributed by atoms with Crippen molar-refractivity contribution in [2.75, 3.05) is 0 Å². The summed E-state index contributed by atoms with van der Waals surface area (Å²) >= 11 is 0. The van der Waals surface area contributed by atoms with E-state index in [1.54, 1.807) is 0 Å². The maximum Gasteiger partial charge on any atom is -0.00199 e. The summed E-state index contributed by atoms with van der Waals surface area (Å²) in [7, 11) is 0. The first-order chi connectivity index (χ1) is 31.8. The molecule has 12 aromatic carbocycles. The molecule has 0 aromatic heterocycles. The minimum Gasteiger partial charge on any atom is -0.0622 e. The highest BCUT2D eigenvalue weighted by atomic mass is 14.2. The molecule has 0 aliphatic carbocycles. The van der Waals surface area contributed by atoms with Gasteiger partial charge in [0, 0.05) is 0 Å². The number of fused-ring (bicyclic) bond motifs is 4. The Kier molecular flexibility index (Phi) is 9.28. The van der Waals surface area contributed by atoms with E-state index in [2.05, 4.69) is 255 Å². The zero-order chi connectivity index (χ0) is 42.4. The predicted octanol–water partition coefficient (Wildman–Crippen LogP) is 18.0. The Labute approximate surface area is 374 Å². The molecule has 0 atom stereocenters. The summed E-state index contributed by atoms with van der Waals surface area (Å²) in [6, 6.07) is 93.5. The molecule has 0 saturated heterocycles. The molecule has 0 radical (unpaired) electrons. The quantitative estimate of drug-likeness (QED) is 0.141. The average molecular weight is 811 g/mol. The summed E-state index contributed by atoms with van der Waals surface area (Å²) < 4.78 is 0. The molecule has 0 saturated carbocycles. The summed E-state index contributed by atoms with van der Waals surface area (Å²) in [6.07, 6.45) is 0. The molecule has 12 aromatic rings. The summed E-state index contributed by atoms with van der Waals surface area (Å²) in [5, 5.41) is 9.99. The highest BCUT2D eigenvalue weighted by Crippen LogP contribution is 2.49. The van der Waals surface area contributed by atoms with Crippen LogP contribution in [-0.2, 0) is 0 Å². The summed E-state index contributed by atoms with van der Waals surface area (Å²) in [4.78, 5) is 0. The van der Waals surface area contributed by atoms with Crippen molar-refractivity contribution in [2.24, 2.45) is 0 Å². The van der Waals surface area contributed by atoms with Gasteiger partial charge in [-0.05, 0) is 127 Å². The lowest BCUT2D eigenvalue weighted by Gasteiger charge is -2.22. The van der Waals surface area contributed by atoms with Gasteiger partial charge in [-0.1, -0.05) is 249 Å². The van der Waals surface area contributed by atoms with Crippen LogP contribution in [0.2, 0.25) is 0 Å². The normalized spacial score (nSPS) is 11.4. The zero-order valence-electron chi connectivity index (χ0n) is 35.2. The van der Waals surface area contributed by atoms with Gasteiger partial charge in [0.15, 0.2) is 0 Å². The summed E-state index contributed by atoms with van der Waals surface area (Å²) in [6.45, 7) is 0. The van der Waals surface area contributed by atoms with E-state index in [4.69, 9.17) is 0 Å². The minimum atomic E-state index is 1.18. The van der Waals surface area contributed by atoms with Crippen LogP contribution in [-0.4, -0.2) is 0 Å². The molecule has 12 rings (SSSR count). The van der Waals surface area contributed by atoms with Crippen LogP contribution in [0.15, 0.2) is 255 Å². The lowest BCUT2D eigenvalue weighted by atomic mass is 9.81. The van der Waals surface area contributed by atoms with Crippen molar-refractivity contribution in [1.82, 2.24) is 0 Å². The first kappa shape index (κ1) is 37.4. The fourth-order valence-corrected chi connectivity index (χ4v) is 10.3. The first-order valence-electron chi connectivity index (χ1n) is 22.2. The second-order valence-corrected chi connectivity index (χ2v) is 16.7. The van der Waals surface area contributed by atoms with Crippen LogP contribution in [0.5, 0.6) is 0 Å². The van der Waals surface area contributed by atoms with E-state index < -0.39 is 0 Å². The SMILES string of the molecule is c1ccc(-c2ccccc2-c2c3ccccc3c(-c3ccccc3-c3ccccc3)c3cc(-c4ccc(-c5c6ccccc6c(-c6ccccc6)c6ccccc56)cc4)ccc23)cc1. The van der Waals surface area contributed by atoms with E-state index in [9.17, 15) is 0 Å². The molecule has 0 nitrogen and oxygen atoms in total. The van der Waals surface area contributed by atoms with E-state index in [0.717, 1.165) is 0 Å². The topological polar surface area (TPSA) is 0 Å². The molecule has 0 heteroatoms. The average Bonchev–Trinajstić information content (AvgIpc) is 3.38. The number of benzene rings is 12. The van der Waals surface area contributed by atoms with Crippen molar-refractivity contribution in [2.45, 2.75) is 0 Å². The van der Waals surface area contributed by atoms with Crippen LogP contribution >= 0.6 is 0 Å². The molecule has 0 aliphatic heterocycles. The largest absolute Gasteiger partial charge is 0.0622 e. The summed E-state index contributed by atoms with van der Waals surface area (Å²) in [5.74, 6) is 0. The van der Waals surface area contributed by atoms with Gasteiger partial charge < -0.3 is 0 Å². The number of rotatable bonds is 7. The Bertz CT molecular complexity index is 3620. The molecule has 0 heterocycles. The highest BCUT2D eigenvalue weighted by Gasteiger charge is 2.22. The number of hydrogen-bond acceptors (Lipinski definition) is 0. The van der Waals surface area contributed by atoms with Crippen LogP contribution < -0.4 is 0 Å². The fourth-order valence-electron chi connectivity index (χ4n) is 10.3. The first-order valence-corrected chi connectivity index (χ1v) is 22.2. The second kappa shape index (κ2) is 15.9. The van der Waals surface area contributed by atoms with Crippen molar-refractivity contribution >= 4 is 43.1 Å². The third-order valence-corrected chi connectivity index (χ3v) is 13.1. The van der Waals surface area contributed by atoms with E-state index in [1.807, 2.05) is 0 Å². The Balaban J connectivity index is 1.09. The molecular formula is C64H42. The van der Waals surface area contributed by atoms with Gasteiger partial charge >= 0.3 is 0 Å². The fraction of sp³-hybridized carbons (Fsp3) is 0. The van der Waals surface area contributed by atoms with Gasteiger partial charge in [-0.3, -0.25) is 0 Å². The van der Waals surface area contributed by atoms with Crippen LogP contribution in [0.3, 0.4) is 0 Å². The maximum absolute atomic E-state index is 2.45. The molecule has 0 fully saturated rings. The highest BCUT2D eigenvalue weighted by molar-refractivity contribution is 6.24. The molecular weight excluding hydrogens is 769 g/mol. The maximum atomic E-state index is 2.45. The third kappa shape index (κ3) is 6.31. The van der Waals surface area contributed by atoms with Crippen LogP contribution in [0.4, 0.5) is 0 Å². The second-order valence-electron chi connectivity index (χ2n) is 16.7. The van der Waals surface area contributed by atoms with Crippen molar-refractivity contribution in [3.05, 3.63) is 255 Å². The molecule has 0 N–H and O–H groups in total. The molecule has 0 amide bonds. The van der Waals surface area contributed by atoms with E-state index >= 15 is 0 Å². The van der Waals surface area contributed by atoms with Gasteiger partial charge in [-0.2, -0.15) is 0 Å². The zero-order valence-corrected chi connectivity index (χ0v) is 35.2. The van der Waals surface area contributed by atoms with Gasteiger partial charge in [-0.25, -0.2) is 0 Å². The van der Waals surface area contributed by atoms with E-state index in [1.165, 1.54) is 121 Å². The molecule has 0 unspecified atom stereocenters. The minimum absolute atomic E-state index is 1.18. The van der Waals surface area contributed by atoms with Crippen molar-refractivity contribution in [3.8, 4) is 77.9 Å². The molecule has 0 aliphatic rings. The number of hydrogen-bond donors (Lipinski definition) is 0. The van der Waals surface area contributed by atoms with Gasteiger partial charge in [0.25, 0.3) is 0 Å². The molecule has 0 bridgehead atoms. The predicted molar refractivity (Wildman–Crippen MR) is 275 cm³/mol. The van der Waals surface area contributed by atoms with Crippen molar-refractivity contribution in [3.63, 3.8) is 0 Å². The molecule has 0 spiro atoms. The lowest BCUT2D eigenvalue weighted by molar-refractivity contribution is 1.59. The Morgan fingerprint density at radius 2 is 0.422 bits per heavy atom. The Hall–Kier alpha value is -8.32. The smallest absolute Gasteiger partial charge is 0.00199 e. The monoisotopic (exact) mass is 810 g/mol. The van der Waals surface area contributed by atoms with Gasteiger partial charge in [-0.15, -0.1) is 0 Å². The van der Waals surface area contributed by atoms with Crippen LogP contribution in [0, 0.1) is 0 Å². The third-order valence-electron chi connectivity index (χ3n) is 13.1. The van der Waals surface area contributed by atoms with Crippen molar-refractivity contribution < 1.29 is 0 Å². The van der Waals surface area contributed by atoms with Gasteiger partial charge in [0.1, 0.15) is 0 Å². The van der Waals surface area contributed by atoms with E-state index in [-0.39, 0.29) is 0 Å². The standard InChI is InChI=1S/C64H42/c1-4-20-44(21-5-1)49-26-10-12-28-51(49)63-57-34-18-19-35-58(57)64(52-29-13-11-27-50(52)45-22-6-2-7-23-45)60-42-48(40-41-59(60)63)43-36-38-47(39-37-43)62-55-32-16-14-30-53(55)61(46-24-8-3-9-25-46)54-31-15-17-33-56(54)62/h1-42H. The van der Waals surface area contributed by atoms with E-state index in [0.29, 0.717) is 0 Å². The lowest BCUT2D eigenvalue weighted by Crippen LogP contribution is -1.94. The van der Waals surface area contributed by atoms with Gasteiger partial charge in [0.05, 0.1) is 0 Å². The molecule has 298 valence electrons. The van der Waals surface area contributed by atoms with Crippen LogP contribution in [0.25, 0.3) is 121 Å². The van der Waals surface area contributed by atoms with Crippen LogP contribution in [0.1, 0.15) is 0 Å². The Morgan fingerprint density at radius 3 is 0.859 bits per heavy atom. The summed E-state index contributed by atoms with van der Waals surface area (Å²) in [5.41, 5.74) is 17.2. The molecule has 64 heavy (non-hydrogen) atoms.